The van der Waals surface area contributed by atoms with Gasteiger partial charge in [-0.25, -0.2) is 8.78 Å². The second kappa shape index (κ2) is 6.28. The van der Waals surface area contributed by atoms with Gasteiger partial charge in [0.25, 0.3) is 0 Å². The molecule has 0 spiro atoms. The van der Waals surface area contributed by atoms with E-state index in [-0.39, 0.29) is 18.0 Å². The first-order valence-electron chi connectivity index (χ1n) is 5.52. The monoisotopic (exact) mass is 262 g/mol. The molecule has 1 aromatic carbocycles. The summed E-state index contributed by atoms with van der Waals surface area (Å²) in [7, 11) is 1.91. The number of rotatable bonds is 3. The fourth-order valence-corrected chi connectivity index (χ4v) is 2.08. The molecule has 1 fully saturated rings. The number of nitrogens with one attached hydrogen (secondary N) is 1. The van der Waals surface area contributed by atoms with Gasteiger partial charge < -0.3 is 5.32 Å². The van der Waals surface area contributed by atoms with Crippen molar-refractivity contribution in [1.82, 2.24) is 10.2 Å². The van der Waals surface area contributed by atoms with E-state index in [2.05, 4.69) is 5.32 Å². The predicted molar refractivity (Wildman–Crippen MR) is 66.3 cm³/mol. The largest absolute Gasteiger partial charge is 0.315 e. The highest BCUT2D eigenvalue weighted by molar-refractivity contribution is 5.85. The van der Waals surface area contributed by atoms with E-state index in [1.165, 1.54) is 18.2 Å². The fraction of sp³-hybridized carbons (Fsp3) is 0.500. The Bertz CT molecular complexity index is 347. The van der Waals surface area contributed by atoms with Crippen molar-refractivity contribution < 1.29 is 8.78 Å². The molecule has 17 heavy (non-hydrogen) atoms. The lowest BCUT2D eigenvalue weighted by Gasteiger charge is -2.23. The summed E-state index contributed by atoms with van der Waals surface area (Å²) >= 11 is 0. The van der Waals surface area contributed by atoms with Gasteiger partial charge in [0, 0.05) is 24.7 Å². The van der Waals surface area contributed by atoms with E-state index >= 15 is 0 Å². The lowest BCUT2D eigenvalue weighted by molar-refractivity contribution is 0.242. The highest BCUT2D eigenvalue weighted by atomic mass is 35.5. The van der Waals surface area contributed by atoms with Crippen molar-refractivity contribution in [3.63, 3.8) is 0 Å². The molecule has 0 saturated carbocycles. The van der Waals surface area contributed by atoms with Crippen molar-refractivity contribution in [2.75, 3.05) is 20.1 Å². The summed E-state index contributed by atoms with van der Waals surface area (Å²) in [5.41, 5.74) is 0.164. The molecule has 0 amide bonds. The third-order valence-corrected chi connectivity index (χ3v) is 3.13. The molecular formula is C12H17ClF2N2. The van der Waals surface area contributed by atoms with Crippen LogP contribution in [0.15, 0.2) is 18.2 Å². The van der Waals surface area contributed by atoms with Gasteiger partial charge >= 0.3 is 0 Å². The Balaban J connectivity index is 0.00000144. The first-order chi connectivity index (χ1) is 7.68. The maximum atomic E-state index is 13.4. The van der Waals surface area contributed by atoms with Gasteiger partial charge in [0.05, 0.1) is 0 Å². The zero-order valence-corrected chi connectivity index (χ0v) is 10.6. The van der Waals surface area contributed by atoms with Crippen LogP contribution in [0.1, 0.15) is 12.0 Å². The number of nitrogens with zero attached hydrogens (tertiary/aromatic N) is 1. The SMILES string of the molecule is CN(Cc1c(F)cccc1F)C1CCNC1.Cl. The standard InChI is InChI=1S/C12H16F2N2.ClH/c1-16(9-5-6-15-7-9)8-10-11(13)3-2-4-12(10)14;/h2-4,9,15H,5-8H2,1H3;1H. The summed E-state index contributed by atoms with van der Waals surface area (Å²) in [5.74, 6) is -0.921. The summed E-state index contributed by atoms with van der Waals surface area (Å²) in [6.45, 7) is 2.20. The van der Waals surface area contributed by atoms with Gasteiger partial charge in [-0.05, 0) is 32.1 Å². The Kier molecular flexibility index (Phi) is 5.31. The molecule has 0 aliphatic carbocycles. The predicted octanol–water partition coefficient (Wildman–Crippen LogP) is 2.18. The maximum absolute atomic E-state index is 13.4. The average molecular weight is 263 g/mol. The quantitative estimate of drug-likeness (QED) is 0.898. The number of hydrogen-bond donors (Lipinski definition) is 1. The van der Waals surface area contributed by atoms with Gasteiger partial charge in [0.2, 0.25) is 0 Å². The van der Waals surface area contributed by atoms with Gasteiger partial charge in [0.1, 0.15) is 11.6 Å². The first kappa shape index (κ1) is 14.4. The average Bonchev–Trinajstić information content (AvgIpc) is 2.76. The molecule has 0 aromatic heterocycles. The van der Waals surface area contributed by atoms with Gasteiger partial charge in [-0.3, -0.25) is 4.90 Å². The zero-order chi connectivity index (χ0) is 11.5. The lowest BCUT2D eigenvalue weighted by Crippen LogP contribution is -2.33. The Morgan fingerprint density at radius 2 is 2.00 bits per heavy atom. The number of likely N-dealkylation sites (N-methyl/N-ethyl adjacent to an activating group) is 1. The molecule has 1 N–H and O–H groups in total. The minimum absolute atomic E-state index is 0. The first-order valence-corrected chi connectivity index (χ1v) is 5.52. The Morgan fingerprint density at radius 1 is 1.35 bits per heavy atom. The van der Waals surface area contributed by atoms with Crippen LogP contribution in [0.4, 0.5) is 8.78 Å². The normalized spacial score (nSPS) is 19.4. The van der Waals surface area contributed by atoms with E-state index < -0.39 is 11.6 Å². The molecule has 1 heterocycles. The molecule has 1 aliphatic heterocycles. The molecule has 96 valence electrons. The number of halogens is 3. The van der Waals surface area contributed by atoms with Gasteiger partial charge in [-0.15, -0.1) is 12.4 Å². The molecule has 1 aromatic rings. The van der Waals surface area contributed by atoms with E-state index in [9.17, 15) is 8.78 Å². The van der Waals surface area contributed by atoms with Crippen molar-refractivity contribution >= 4 is 12.4 Å². The Morgan fingerprint density at radius 3 is 2.53 bits per heavy atom. The molecule has 2 nitrogen and oxygen atoms in total. The Hall–Kier alpha value is -0.710. The Labute approximate surface area is 106 Å². The van der Waals surface area contributed by atoms with E-state index in [0.29, 0.717) is 12.6 Å². The molecule has 1 unspecified atom stereocenters. The molecule has 1 saturated heterocycles. The number of hydrogen-bond acceptors (Lipinski definition) is 2. The highest BCUT2D eigenvalue weighted by Gasteiger charge is 2.21. The second-order valence-corrected chi connectivity index (χ2v) is 4.26. The lowest BCUT2D eigenvalue weighted by atomic mass is 10.1. The molecule has 1 atom stereocenters. The third kappa shape index (κ3) is 3.37. The molecule has 1 aliphatic rings. The summed E-state index contributed by atoms with van der Waals surface area (Å²) in [6.07, 6.45) is 1.03. The second-order valence-electron chi connectivity index (χ2n) is 4.26. The van der Waals surface area contributed by atoms with Crippen LogP contribution >= 0.6 is 12.4 Å². The molecule has 2 rings (SSSR count). The zero-order valence-electron chi connectivity index (χ0n) is 9.75. The highest BCUT2D eigenvalue weighted by Crippen LogP contribution is 2.16. The van der Waals surface area contributed by atoms with E-state index in [0.717, 1.165) is 19.5 Å². The molecule has 0 radical (unpaired) electrons. The minimum atomic E-state index is -0.460. The van der Waals surface area contributed by atoms with Crippen LogP contribution in [-0.2, 0) is 6.54 Å². The van der Waals surface area contributed by atoms with Crippen molar-refractivity contribution in [2.24, 2.45) is 0 Å². The molecule has 0 bridgehead atoms. The smallest absolute Gasteiger partial charge is 0.130 e. The van der Waals surface area contributed by atoms with Gasteiger partial charge in [0.15, 0.2) is 0 Å². The van der Waals surface area contributed by atoms with Crippen molar-refractivity contribution in [3.8, 4) is 0 Å². The van der Waals surface area contributed by atoms with Crippen molar-refractivity contribution in [2.45, 2.75) is 19.0 Å². The summed E-state index contributed by atoms with van der Waals surface area (Å²) < 4.78 is 26.8. The van der Waals surface area contributed by atoms with Crippen LogP contribution in [0.2, 0.25) is 0 Å². The topological polar surface area (TPSA) is 15.3 Å². The molecule has 5 heteroatoms. The summed E-state index contributed by atoms with van der Waals surface area (Å²) in [5, 5.41) is 3.24. The van der Waals surface area contributed by atoms with Crippen LogP contribution in [-0.4, -0.2) is 31.1 Å². The van der Waals surface area contributed by atoms with E-state index in [4.69, 9.17) is 0 Å². The van der Waals surface area contributed by atoms with Crippen LogP contribution in [0.5, 0.6) is 0 Å². The summed E-state index contributed by atoms with van der Waals surface area (Å²) in [4.78, 5) is 2.00. The van der Waals surface area contributed by atoms with Crippen LogP contribution in [0, 0.1) is 11.6 Å². The summed E-state index contributed by atoms with van der Waals surface area (Å²) in [6, 6.07) is 4.38. The third-order valence-electron chi connectivity index (χ3n) is 3.13. The van der Waals surface area contributed by atoms with Crippen LogP contribution < -0.4 is 5.32 Å². The fourth-order valence-electron chi connectivity index (χ4n) is 2.08. The van der Waals surface area contributed by atoms with Crippen molar-refractivity contribution in [3.05, 3.63) is 35.4 Å². The van der Waals surface area contributed by atoms with E-state index in [1.54, 1.807) is 0 Å². The van der Waals surface area contributed by atoms with Crippen molar-refractivity contribution in [1.29, 1.82) is 0 Å². The van der Waals surface area contributed by atoms with Gasteiger partial charge in [-0.2, -0.15) is 0 Å². The number of benzene rings is 1. The van der Waals surface area contributed by atoms with Crippen LogP contribution in [0.25, 0.3) is 0 Å². The maximum Gasteiger partial charge on any atom is 0.130 e. The van der Waals surface area contributed by atoms with E-state index in [1.807, 2.05) is 11.9 Å². The molecular weight excluding hydrogens is 246 g/mol. The minimum Gasteiger partial charge on any atom is -0.315 e. The van der Waals surface area contributed by atoms with Crippen LogP contribution in [0.3, 0.4) is 0 Å². The van der Waals surface area contributed by atoms with Gasteiger partial charge in [-0.1, -0.05) is 6.07 Å².